The summed E-state index contributed by atoms with van der Waals surface area (Å²) in [4.78, 5) is 4.14. The average molecular weight is 370 g/mol. The van der Waals surface area contributed by atoms with Crippen LogP contribution in [-0.4, -0.2) is 13.4 Å². The summed E-state index contributed by atoms with van der Waals surface area (Å²) < 4.78 is 28.2. The highest BCUT2D eigenvalue weighted by molar-refractivity contribution is 9.10. The molecule has 1 heterocycles. The molecule has 0 aliphatic heterocycles. The van der Waals surface area contributed by atoms with Crippen LogP contribution in [0.1, 0.15) is 16.7 Å². The SMILES string of the molecule is Cc1cc(N)c(S(=O)(=O)Nc2ncc(Br)cc2C)cc1C. The molecule has 0 unspecified atom stereocenters. The standard InChI is InChI=1S/C14H16BrN3O2S/c1-8-5-12(16)13(6-9(8)2)21(19,20)18-14-10(3)4-11(15)7-17-14/h4-7H,16H2,1-3H3,(H,17,18). The number of halogens is 1. The number of rotatable bonds is 3. The van der Waals surface area contributed by atoms with Gasteiger partial charge >= 0.3 is 0 Å². The summed E-state index contributed by atoms with van der Waals surface area (Å²) >= 11 is 3.29. The molecular formula is C14H16BrN3O2S. The fraction of sp³-hybridized carbons (Fsp3) is 0.214. The summed E-state index contributed by atoms with van der Waals surface area (Å²) in [5.74, 6) is 0.288. The Bertz CT molecular complexity index is 804. The number of pyridine rings is 1. The van der Waals surface area contributed by atoms with E-state index in [1.807, 2.05) is 13.8 Å². The van der Waals surface area contributed by atoms with E-state index in [4.69, 9.17) is 5.73 Å². The second-order valence-electron chi connectivity index (χ2n) is 4.90. The summed E-state index contributed by atoms with van der Waals surface area (Å²) in [6.45, 7) is 5.51. The minimum absolute atomic E-state index is 0.0646. The normalized spacial score (nSPS) is 11.4. The molecule has 0 amide bonds. The molecule has 0 aliphatic rings. The van der Waals surface area contributed by atoms with Crippen molar-refractivity contribution in [3.8, 4) is 0 Å². The predicted molar refractivity (Wildman–Crippen MR) is 87.8 cm³/mol. The Morgan fingerprint density at radius 1 is 1.10 bits per heavy atom. The van der Waals surface area contributed by atoms with Gasteiger partial charge in [-0.3, -0.25) is 4.72 Å². The van der Waals surface area contributed by atoms with Crippen LogP contribution in [0.2, 0.25) is 0 Å². The first kappa shape index (κ1) is 15.8. The maximum atomic E-state index is 12.5. The Kier molecular flexibility index (Phi) is 4.25. The molecule has 7 heteroatoms. The number of benzene rings is 1. The third-order valence-corrected chi connectivity index (χ3v) is 5.02. The van der Waals surface area contributed by atoms with Crippen molar-refractivity contribution in [2.45, 2.75) is 25.7 Å². The number of sulfonamides is 1. The molecule has 1 aromatic carbocycles. The number of hydrogen-bond donors (Lipinski definition) is 2. The first-order valence-electron chi connectivity index (χ1n) is 6.22. The fourth-order valence-electron chi connectivity index (χ4n) is 1.87. The number of nitrogens with zero attached hydrogens (tertiary/aromatic N) is 1. The van der Waals surface area contributed by atoms with Crippen LogP contribution in [0.25, 0.3) is 0 Å². The molecule has 21 heavy (non-hydrogen) atoms. The van der Waals surface area contributed by atoms with Crippen molar-refractivity contribution in [3.05, 3.63) is 45.6 Å². The van der Waals surface area contributed by atoms with E-state index in [1.165, 1.54) is 6.20 Å². The Morgan fingerprint density at radius 3 is 2.33 bits per heavy atom. The van der Waals surface area contributed by atoms with Gasteiger partial charge < -0.3 is 5.73 Å². The van der Waals surface area contributed by atoms with E-state index in [2.05, 4.69) is 25.6 Å². The highest BCUT2D eigenvalue weighted by atomic mass is 79.9. The van der Waals surface area contributed by atoms with Crippen molar-refractivity contribution in [1.29, 1.82) is 0 Å². The molecular weight excluding hydrogens is 354 g/mol. The first-order valence-corrected chi connectivity index (χ1v) is 8.50. The monoisotopic (exact) mass is 369 g/mol. The smallest absolute Gasteiger partial charge is 0.265 e. The van der Waals surface area contributed by atoms with E-state index in [9.17, 15) is 8.42 Å². The van der Waals surface area contributed by atoms with Crippen LogP contribution < -0.4 is 10.5 Å². The van der Waals surface area contributed by atoms with Gasteiger partial charge in [0.2, 0.25) is 0 Å². The van der Waals surface area contributed by atoms with E-state index in [0.717, 1.165) is 21.2 Å². The van der Waals surface area contributed by atoms with Crippen molar-refractivity contribution < 1.29 is 8.42 Å². The van der Waals surface area contributed by atoms with E-state index in [1.54, 1.807) is 25.1 Å². The second kappa shape index (κ2) is 5.65. The summed E-state index contributed by atoms with van der Waals surface area (Å²) in [5.41, 5.74) is 8.60. The summed E-state index contributed by atoms with van der Waals surface area (Å²) in [7, 11) is -3.77. The zero-order chi connectivity index (χ0) is 15.8. The highest BCUT2D eigenvalue weighted by Gasteiger charge is 2.20. The van der Waals surface area contributed by atoms with Crippen LogP contribution in [0.15, 0.2) is 33.8 Å². The van der Waals surface area contributed by atoms with Gasteiger partial charge in [0.15, 0.2) is 0 Å². The molecule has 0 bridgehead atoms. The Balaban J connectivity index is 2.46. The third kappa shape index (κ3) is 3.36. The van der Waals surface area contributed by atoms with Gasteiger partial charge in [0, 0.05) is 10.7 Å². The minimum atomic E-state index is -3.77. The maximum Gasteiger partial charge on any atom is 0.265 e. The molecule has 0 saturated heterocycles. The van der Waals surface area contributed by atoms with Gasteiger partial charge in [0.25, 0.3) is 10.0 Å². The van der Waals surface area contributed by atoms with Crippen LogP contribution in [0, 0.1) is 20.8 Å². The minimum Gasteiger partial charge on any atom is -0.398 e. The molecule has 0 saturated carbocycles. The van der Waals surface area contributed by atoms with E-state index in [-0.39, 0.29) is 16.4 Å². The van der Waals surface area contributed by atoms with Crippen LogP contribution in [0.3, 0.4) is 0 Å². The van der Waals surface area contributed by atoms with Crippen LogP contribution in [0.4, 0.5) is 11.5 Å². The van der Waals surface area contributed by atoms with Crippen molar-refractivity contribution in [2.24, 2.45) is 0 Å². The number of nitrogens with one attached hydrogen (secondary N) is 1. The molecule has 5 nitrogen and oxygen atoms in total. The van der Waals surface area contributed by atoms with E-state index in [0.29, 0.717) is 0 Å². The Morgan fingerprint density at radius 2 is 1.71 bits per heavy atom. The number of nitrogens with two attached hydrogens (primary N) is 1. The lowest BCUT2D eigenvalue weighted by molar-refractivity contribution is 0.601. The van der Waals surface area contributed by atoms with Crippen LogP contribution >= 0.6 is 15.9 Å². The summed E-state index contributed by atoms with van der Waals surface area (Å²) in [6, 6.07) is 5.02. The van der Waals surface area contributed by atoms with Gasteiger partial charge in [-0.05, 0) is 71.6 Å². The topological polar surface area (TPSA) is 85.1 Å². The highest BCUT2D eigenvalue weighted by Crippen LogP contribution is 2.26. The van der Waals surface area contributed by atoms with Crippen molar-refractivity contribution >= 4 is 37.5 Å². The molecule has 0 aliphatic carbocycles. The molecule has 2 aromatic rings. The number of nitrogen functional groups attached to an aromatic ring is 1. The third-order valence-electron chi connectivity index (χ3n) is 3.19. The van der Waals surface area contributed by atoms with Crippen LogP contribution in [0.5, 0.6) is 0 Å². The van der Waals surface area contributed by atoms with E-state index >= 15 is 0 Å². The molecule has 112 valence electrons. The summed E-state index contributed by atoms with van der Waals surface area (Å²) in [6.07, 6.45) is 1.54. The van der Waals surface area contributed by atoms with Crippen molar-refractivity contribution in [3.63, 3.8) is 0 Å². The molecule has 0 atom stereocenters. The molecule has 1 aromatic heterocycles. The maximum absolute atomic E-state index is 12.5. The first-order chi connectivity index (χ1) is 9.70. The molecule has 3 N–H and O–H groups in total. The summed E-state index contributed by atoms with van der Waals surface area (Å²) in [5, 5.41) is 0. The predicted octanol–water partition coefficient (Wildman–Crippen LogP) is 3.15. The number of aromatic nitrogens is 1. The number of anilines is 2. The number of hydrogen-bond acceptors (Lipinski definition) is 4. The lowest BCUT2D eigenvalue weighted by Crippen LogP contribution is -2.17. The average Bonchev–Trinajstić information content (AvgIpc) is 2.37. The molecule has 2 rings (SSSR count). The molecule has 0 radical (unpaired) electrons. The Hall–Kier alpha value is -1.60. The lowest BCUT2D eigenvalue weighted by atomic mass is 10.1. The van der Waals surface area contributed by atoms with Gasteiger partial charge in [0.05, 0.1) is 5.69 Å². The van der Waals surface area contributed by atoms with Gasteiger partial charge in [-0.2, -0.15) is 0 Å². The van der Waals surface area contributed by atoms with Crippen molar-refractivity contribution in [2.75, 3.05) is 10.5 Å². The van der Waals surface area contributed by atoms with Gasteiger partial charge in [0.1, 0.15) is 10.7 Å². The molecule has 0 fully saturated rings. The largest absolute Gasteiger partial charge is 0.398 e. The fourth-order valence-corrected chi connectivity index (χ4v) is 3.60. The Labute approximate surface area is 132 Å². The number of aryl methyl sites for hydroxylation is 3. The second-order valence-corrected chi connectivity index (χ2v) is 7.47. The van der Waals surface area contributed by atoms with Crippen molar-refractivity contribution in [1.82, 2.24) is 4.98 Å². The quantitative estimate of drug-likeness (QED) is 0.813. The van der Waals surface area contributed by atoms with Gasteiger partial charge in [-0.1, -0.05) is 0 Å². The van der Waals surface area contributed by atoms with Gasteiger partial charge in [-0.25, -0.2) is 13.4 Å². The zero-order valence-corrected chi connectivity index (χ0v) is 14.3. The molecule has 0 spiro atoms. The van der Waals surface area contributed by atoms with E-state index < -0.39 is 10.0 Å². The zero-order valence-electron chi connectivity index (χ0n) is 11.9. The van der Waals surface area contributed by atoms with Gasteiger partial charge in [-0.15, -0.1) is 0 Å². The van der Waals surface area contributed by atoms with Crippen LogP contribution in [-0.2, 0) is 10.0 Å². The lowest BCUT2D eigenvalue weighted by Gasteiger charge is -2.13.